The van der Waals surface area contributed by atoms with Crippen molar-refractivity contribution in [1.29, 1.82) is 0 Å². The van der Waals surface area contributed by atoms with Crippen LogP contribution in [0.15, 0.2) is 12.1 Å². The highest BCUT2D eigenvalue weighted by Crippen LogP contribution is 2.20. The van der Waals surface area contributed by atoms with Gasteiger partial charge in [-0.3, -0.25) is 4.79 Å². The third-order valence-electron chi connectivity index (χ3n) is 6.06. The summed E-state index contributed by atoms with van der Waals surface area (Å²) >= 11 is 0. The fourth-order valence-corrected chi connectivity index (χ4v) is 4.40. The summed E-state index contributed by atoms with van der Waals surface area (Å²) in [7, 11) is 0. The molecule has 0 aromatic carbocycles. The molecule has 1 aliphatic carbocycles. The second-order valence-corrected chi connectivity index (χ2v) is 8.23. The molecular weight excluding hydrogens is 352 g/mol. The predicted octanol–water partition coefficient (Wildman–Crippen LogP) is 3.59. The average molecular weight is 385 g/mol. The van der Waals surface area contributed by atoms with E-state index >= 15 is 0 Å². The first kappa shape index (κ1) is 19.2. The van der Waals surface area contributed by atoms with E-state index in [1.165, 1.54) is 51.4 Å². The minimum Gasteiger partial charge on any atom is -0.366 e. The van der Waals surface area contributed by atoms with Crippen molar-refractivity contribution >= 4 is 17.4 Å². The van der Waals surface area contributed by atoms with Gasteiger partial charge in [0.25, 0.3) is 0 Å². The van der Waals surface area contributed by atoms with E-state index < -0.39 is 0 Å². The Balaban J connectivity index is 1.40. The lowest BCUT2D eigenvalue weighted by atomic mass is 9.97. The molecule has 1 amide bonds. The number of likely N-dealkylation sites (tertiary alicyclic amines) is 1. The molecule has 1 aliphatic heterocycles. The van der Waals surface area contributed by atoms with Gasteiger partial charge < -0.3 is 10.2 Å². The summed E-state index contributed by atoms with van der Waals surface area (Å²) in [5.41, 5.74) is 0.739. The summed E-state index contributed by atoms with van der Waals surface area (Å²) in [6.07, 6.45) is 13.6. The third-order valence-corrected chi connectivity index (χ3v) is 6.06. The van der Waals surface area contributed by atoms with Crippen LogP contribution >= 0.6 is 0 Å². The fraction of sp³-hybridized carbons (Fsp3) is 0.714. The third kappa shape index (κ3) is 4.80. The van der Waals surface area contributed by atoms with Crippen LogP contribution in [-0.2, 0) is 11.2 Å². The van der Waals surface area contributed by atoms with E-state index in [2.05, 4.69) is 15.5 Å². The Morgan fingerprint density at radius 3 is 2.46 bits per heavy atom. The largest absolute Gasteiger partial charge is 0.366 e. The summed E-state index contributed by atoms with van der Waals surface area (Å²) in [4.78, 5) is 14.4. The summed E-state index contributed by atoms with van der Waals surface area (Å²) in [5.74, 6) is 1.86. The van der Waals surface area contributed by atoms with E-state index in [4.69, 9.17) is 5.10 Å². The molecule has 4 rings (SSSR count). The monoisotopic (exact) mass is 384 g/mol. The number of carbonyl (C=O) groups is 1. The Morgan fingerprint density at radius 2 is 1.68 bits per heavy atom. The molecule has 0 radical (unpaired) electrons. The van der Waals surface area contributed by atoms with E-state index in [1.807, 2.05) is 17.0 Å². The first-order chi connectivity index (χ1) is 13.8. The van der Waals surface area contributed by atoms with Gasteiger partial charge in [-0.15, -0.1) is 15.3 Å². The molecule has 2 aliphatic rings. The van der Waals surface area contributed by atoms with E-state index in [0.29, 0.717) is 18.9 Å². The molecule has 1 saturated heterocycles. The van der Waals surface area contributed by atoms with Crippen molar-refractivity contribution in [3.05, 3.63) is 18.0 Å². The van der Waals surface area contributed by atoms with Gasteiger partial charge in [0, 0.05) is 32.0 Å². The maximum absolute atomic E-state index is 12.5. The number of carbonyl (C=O) groups excluding carboxylic acids is 1. The van der Waals surface area contributed by atoms with Crippen molar-refractivity contribution in [2.24, 2.45) is 0 Å². The Kier molecular flexibility index (Phi) is 6.39. The van der Waals surface area contributed by atoms with E-state index in [9.17, 15) is 4.79 Å². The van der Waals surface area contributed by atoms with Crippen LogP contribution in [0, 0.1) is 0 Å². The van der Waals surface area contributed by atoms with Gasteiger partial charge >= 0.3 is 0 Å². The molecule has 7 nitrogen and oxygen atoms in total. The van der Waals surface area contributed by atoms with Crippen molar-refractivity contribution < 1.29 is 4.79 Å². The van der Waals surface area contributed by atoms with E-state index in [1.54, 1.807) is 4.52 Å². The summed E-state index contributed by atoms with van der Waals surface area (Å²) < 4.78 is 1.80. The minimum atomic E-state index is 0.222. The molecule has 152 valence electrons. The zero-order valence-corrected chi connectivity index (χ0v) is 16.8. The highest BCUT2D eigenvalue weighted by atomic mass is 16.2. The van der Waals surface area contributed by atoms with Gasteiger partial charge in [-0.2, -0.15) is 4.52 Å². The van der Waals surface area contributed by atoms with Gasteiger partial charge in [-0.25, -0.2) is 0 Å². The van der Waals surface area contributed by atoms with Crippen LogP contribution in [-0.4, -0.2) is 49.7 Å². The first-order valence-electron chi connectivity index (χ1n) is 11.1. The smallest absolute Gasteiger partial charge is 0.223 e. The molecule has 1 N–H and O–H groups in total. The molecule has 0 spiro atoms. The molecule has 2 aromatic heterocycles. The lowest BCUT2D eigenvalue weighted by Crippen LogP contribution is -2.35. The average Bonchev–Trinajstić information content (AvgIpc) is 3.11. The van der Waals surface area contributed by atoms with Gasteiger partial charge in [0.1, 0.15) is 5.82 Å². The van der Waals surface area contributed by atoms with Crippen LogP contribution < -0.4 is 5.32 Å². The van der Waals surface area contributed by atoms with Crippen molar-refractivity contribution in [2.45, 2.75) is 83.1 Å². The number of amides is 1. The van der Waals surface area contributed by atoms with Crippen molar-refractivity contribution in [3.63, 3.8) is 0 Å². The highest BCUT2D eigenvalue weighted by Gasteiger charge is 2.18. The number of nitrogens with zero attached hydrogens (tertiary/aromatic N) is 5. The Morgan fingerprint density at radius 1 is 0.964 bits per heavy atom. The molecule has 0 bridgehead atoms. The number of aryl methyl sites for hydroxylation is 1. The van der Waals surface area contributed by atoms with Gasteiger partial charge in [0.15, 0.2) is 11.5 Å². The predicted molar refractivity (Wildman–Crippen MR) is 109 cm³/mol. The second-order valence-electron chi connectivity index (χ2n) is 8.23. The Bertz CT molecular complexity index is 774. The van der Waals surface area contributed by atoms with Crippen LogP contribution in [0.2, 0.25) is 0 Å². The molecule has 7 heteroatoms. The van der Waals surface area contributed by atoms with Crippen LogP contribution in [0.1, 0.15) is 76.5 Å². The molecule has 0 atom stereocenters. The van der Waals surface area contributed by atoms with Crippen molar-refractivity contribution in [1.82, 2.24) is 24.7 Å². The molecule has 2 fully saturated rings. The minimum absolute atomic E-state index is 0.222. The lowest BCUT2D eigenvalue weighted by molar-refractivity contribution is -0.132. The quantitative estimate of drug-likeness (QED) is 0.852. The highest BCUT2D eigenvalue weighted by molar-refractivity contribution is 5.76. The number of hydrogen-bond acceptors (Lipinski definition) is 5. The summed E-state index contributed by atoms with van der Waals surface area (Å²) in [5, 5.41) is 16.8. The number of hydrogen-bond donors (Lipinski definition) is 1. The van der Waals surface area contributed by atoms with Crippen LogP contribution in [0.5, 0.6) is 0 Å². The maximum Gasteiger partial charge on any atom is 0.223 e. The fourth-order valence-electron chi connectivity index (χ4n) is 4.40. The van der Waals surface area contributed by atoms with Gasteiger partial charge in [0.05, 0.1) is 0 Å². The molecule has 3 heterocycles. The van der Waals surface area contributed by atoms with Gasteiger partial charge in [-0.05, 0) is 44.2 Å². The number of rotatable bonds is 5. The van der Waals surface area contributed by atoms with E-state index in [0.717, 1.165) is 43.2 Å². The van der Waals surface area contributed by atoms with Crippen LogP contribution in [0.25, 0.3) is 5.65 Å². The SMILES string of the molecule is O=C(CCc1nnc2ccc(NC3CCCCCCC3)nn12)N1CCCCC1. The summed E-state index contributed by atoms with van der Waals surface area (Å²) in [6.45, 7) is 1.79. The zero-order valence-electron chi connectivity index (χ0n) is 16.8. The molecule has 1 saturated carbocycles. The topological polar surface area (TPSA) is 75.4 Å². The zero-order chi connectivity index (χ0) is 19.2. The van der Waals surface area contributed by atoms with Crippen molar-refractivity contribution in [3.8, 4) is 0 Å². The number of piperidine rings is 1. The normalized spacial score (nSPS) is 19.4. The van der Waals surface area contributed by atoms with Gasteiger partial charge in [-0.1, -0.05) is 32.1 Å². The standard InChI is InChI=1S/C21H32N6O/c28-21(26-15-7-4-8-16-26)14-13-20-24-23-19-12-11-18(25-27(19)20)22-17-9-5-2-1-3-6-10-17/h11-12,17H,1-10,13-16H2,(H,22,25). The molecule has 2 aromatic rings. The van der Waals surface area contributed by atoms with Crippen LogP contribution in [0.3, 0.4) is 0 Å². The van der Waals surface area contributed by atoms with Gasteiger partial charge in [0.2, 0.25) is 5.91 Å². The molecular formula is C21H32N6O. The Labute approximate surface area is 166 Å². The van der Waals surface area contributed by atoms with Crippen molar-refractivity contribution in [2.75, 3.05) is 18.4 Å². The second kappa shape index (κ2) is 9.34. The van der Waals surface area contributed by atoms with E-state index in [-0.39, 0.29) is 5.91 Å². The number of aromatic nitrogens is 4. The van der Waals surface area contributed by atoms with Crippen LogP contribution in [0.4, 0.5) is 5.82 Å². The molecule has 0 unspecified atom stereocenters. The first-order valence-corrected chi connectivity index (χ1v) is 11.1. The maximum atomic E-state index is 12.5. The summed E-state index contributed by atoms with van der Waals surface area (Å²) in [6, 6.07) is 4.44. The number of anilines is 1. The number of fused-ring (bicyclic) bond motifs is 1. The number of nitrogens with one attached hydrogen (secondary N) is 1. The Hall–Kier alpha value is -2.18. The molecule has 28 heavy (non-hydrogen) atoms. The lowest BCUT2D eigenvalue weighted by Gasteiger charge is -2.26.